The van der Waals surface area contributed by atoms with E-state index < -0.39 is 0 Å². The van der Waals surface area contributed by atoms with E-state index in [9.17, 15) is 0 Å². The second-order valence-corrected chi connectivity index (χ2v) is 7.10. The van der Waals surface area contributed by atoms with Gasteiger partial charge in [0.15, 0.2) is 0 Å². The summed E-state index contributed by atoms with van der Waals surface area (Å²) in [6.45, 7) is 11.3. The Morgan fingerprint density at radius 1 is 1.16 bits per heavy atom. The van der Waals surface area contributed by atoms with Crippen molar-refractivity contribution < 1.29 is 0 Å². The number of rotatable bonds is 4. The fraction of sp³-hybridized carbons (Fsp3) is 1.00. The number of hydrogen-bond acceptors (Lipinski definition) is 3. The largest absolute Gasteiger partial charge is 0.316 e. The van der Waals surface area contributed by atoms with Gasteiger partial charge in [-0.2, -0.15) is 0 Å². The molecule has 3 heterocycles. The first kappa shape index (κ1) is 13.8. The van der Waals surface area contributed by atoms with E-state index in [0.29, 0.717) is 6.04 Å². The van der Waals surface area contributed by atoms with E-state index in [1.807, 2.05) is 0 Å². The summed E-state index contributed by atoms with van der Waals surface area (Å²) in [7, 11) is 0. The summed E-state index contributed by atoms with van der Waals surface area (Å²) >= 11 is 0. The van der Waals surface area contributed by atoms with Crippen LogP contribution < -0.4 is 5.32 Å². The average Bonchev–Trinajstić information content (AvgIpc) is 3.00. The van der Waals surface area contributed by atoms with Crippen molar-refractivity contribution in [2.24, 2.45) is 5.92 Å². The first-order valence-corrected chi connectivity index (χ1v) is 8.46. The van der Waals surface area contributed by atoms with Gasteiger partial charge in [0.1, 0.15) is 0 Å². The summed E-state index contributed by atoms with van der Waals surface area (Å²) in [5.74, 6) is 0.881. The van der Waals surface area contributed by atoms with Gasteiger partial charge in [0.25, 0.3) is 0 Å². The van der Waals surface area contributed by atoms with Gasteiger partial charge in [0.2, 0.25) is 0 Å². The third kappa shape index (κ3) is 2.98. The smallest absolute Gasteiger partial charge is 0.0266 e. The molecule has 0 radical (unpaired) electrons. The Hall–Kier alpha value is -0.120. The highest BCUT2D eigenvalue weighted by molar-refractivity contribution is 4.98. The van der Waals surface area contributed by atoms with Crippen LogP contribution in [0.3, 0.4) is 0 Å². The molecule has 3 aliphatic heterocycles. The van der Waals surface area contributed by atoms with Gasteiger partial charge in [-0.3, -0.25) is 9.80 Å². The number of nitrogens with one attached hydrogen (secondary N) is 1. The summed E-state index contributed by atoms with van der Waals surface area (Å²) in [4.78, 5) is 5.59. The molecule has 1 N–H and O–H groups in total. The Bertz CT molecular complexity index is 286. The topological polar surface area (TPSA) is 18.5 Å². The zero-order valence-corrected chi connectivity index (χ0v) is 12.8. The maximum Gasteiger partial charge on any atom is 0.0266 e. The normalized spacial score (nSPS) is 36.3. The van der Waals surface area contributed by atoms with Gasteiger partial charge in [-0.1, -0.05) is 0 Å². The molecule has 0 spiro atoms. The highest BCUT2D eigenvalue weighted by Crippen LogP contribution is 2.33. The van der Waals surface area contributed by atoms with Crippen LogP contribution in [-0.2, 0) is 0 Å². The van der Waals surface area contributed by atoms with Gasteiger partial charge >= 0.3 is 0 Å². The molecule has 110 valence electrons. The van der Waals surface area contributed by atoms with Crippen LogP contribution in [-0.4, -0.2) is 60.6 Å². The quantitative estimate of drug-likeness (QED) is 0.838. The molecule has 3 atom stereocenters. The van der Waals surface area contributed by atoms with E-state index in [2.05, 4.69) is 29.0 Å². The first-order valence-electron chi connectivity index (χ1n) is 8.46. The molecule has 0 aromatic rings. The molecule has 3 heteroatoms. The molecule has 3 rings (SSSR count). The molecular weight excluding hydrogens is 234 g/mol. The zero-order valence-electron chi connectivity index (χ0n) is 12.8. The van der Waals surface area contributed by atoms with Crippen LogP contribution in [0.4, 0.5) is 0 Å². The molecule has 0 bridgehead atoms. The lowest BCUT2D eigenvalue weighted by Gasteiger charge is -2.39. The lowest BCUT2D eigenvalue weighted by Crippen LogP contribution is -2.50. The minimum absolute atomic E-state index is 0.701. The van der Waals surface area contributed by atoms with E-state index in [1.54, 1.807) is 0 Å². The van der Waals surface area contributed by atoms with Crippen molar-refractivity contribution in [2.75, 3.05) is 32.7 Å². The number of fused-ring (bicyclic) bond motifs is 1. The van der Waals surface area contributed by atoms with Crippen molar-refractivity contribution in [1.82, 2.24) is 15.1 Å². The zero-order chi connectivity index (χ0) is 13.2. The molecular formula is C16H31N3. The molecule has 0 aromatic heterocycles. The highest BCUT2D eigenvalue weighted by atomic mass is 15.3. The van der Waals surface area contributed by atoms with Crippen LogP contribution in [0.25, 0.3) is 0 Å². The van der Waals surface area contributed by atoms with Crippen molar-refractivity contribution in [3.05, 3.63) is 0 Å². The lowest BCUT2D eigenvalue weighted by atomic mass is 9.95. The van der Waals surface area contributed by atoms with E-state index in [1.165, 1.54) is 64.8 Å². The third-order valence-electron chi connectivity index (χ3n) is 5.53. The molecule has 0 amide bonds. The lowest BCUT2D eigenvalue weighted by molar-refractivity contribution is 0.0977. The average molecular weight is 265 g/mol. The highest BCUT2D eigenvalue weighted by Gasteiger charge is 2.41. The van der Waals surface area contributed by atoms with Crippen LogP contribution in [0.5, 0.6) is 0 Å². The van der Waals surface area contributed by atoms with Crippen LogP contribution in [0.2, 0.25) is 0 Å². The Balaban J connectivity index is 1.63. The summed E-state index contributed by atoms with van der Waals surface area (Å²) < 4.78 is 0. The van der Waals surface area contributed by atoms with Crippen molar-refractivity contribution in [3.63, 3.8) is 0 Å². The van der Waals surface area contributed by atoms with Gasteiger partial charge in [-0.25, -0.2) is 0 Å². The molecule has 3 fully saturated rings. The maximum absolute atomic E-state index is 3.58. The van der Waals surface area contributed by atoms with Gasteiger partial charge in [-0.05, 0) is 71.5 Å². The number of piperidine rings is 1. The Kier molecular flexibility index (Phi) is 4.45. The van der Waals surface area contributed by atoms with E-state index in [-0.39, 0.29) is 0 Å². The van der Waals surface area contributed by atoms with E-state index >= 15 is 0 Å². The molecule has 3 aliphatic rings. The van der Waals surface area contributed by atoms with Gasteiger partial charge in [-0.15, -0.1) is 0 Å². The molecule has 3 saturated heterocycles. The van der Waals surface area contributed by atoms with Gasteiger partial charge < -0.3 is 5.32 Å². The van der Waals surface area contributed by atoms with Gasteiger partial charge in [0.05, 0.1) is 0 Å². The monoisotopic (exact) mass is 265 g/mol. The summed E-state index contributed by atoms with van der Waals surface area (Å²) in [5.41, 5.74) is 0. The van der Waals surface area contributed by atoms with Crippen molar-refractivity contribution in [2.45, 2.75) is 64.1 Å². The predicted molar refractivity (Wildman–Crippen MR) is 80.4 cm³/mol. The maximum atomic E-state index is 3.58. The fourth-order valence-corrected chi connectivity index (χ4v) is 4.55. The minimum atomic E-state index is 0.701. The Labute approximate surface area is 118 Å². The van der Waals surface area contributed by atoms with E-state index in [4.69, 9.17) is 0 Å². The standard InChI is InChI=1S/C16H31N3/c1-13(2)19(12-14-5-3-8-17-11-14)16-7-10-18-9-4-6-15(16)18/h13-17H,3-12H2,1-2H3. The van der Waals surface area contributed by atoms with Crippen LogP contribution in [0.15, 0.2) is 0 Å². The van der Waals surface area contributed by atoms with Crippen LogP contribution in [0, 0.1) is 5.92 Å². The van der Waals surface area contributed by atoms with Crippen LogP contribution in [0.1, 0.15) is 46.0 Å². The second kappa shape index (κ2) is 6.11. The van der Waals surface area contributed by atoms with E-state index in [0.717, 1.165) is 18.0 Å². The van der Waals surface area contributed by atoms with Crippen molar-refractivity contribution in [3.8, 4) is 0 Å². The van der Waals surface area contributed by atoms with Gasteiger partial charge in [0, 0.05) is 31.2 Å². The molecule has 3 unspecified atom stereocenters. The molecule has 19 heavy (non-hydrogen) atoms. The second-order valence-electron chi connectivity index (χ2n) is 7.10. The Morgan fingerprint density at radius 3 is 2.79 bits per heavy atom. The third-order valence-corrected chi connectivity index (χ3v) is 5.53. The fourth-order valence-electron chi connectivity index (χ4n) is 4.55. The Morgan fingerprint density at radius 2 is 2.05 bits per heavy atom. The predicted octanol–water partition coefficient (Wildman–Crippen LogP) is 1.93. The van der Waals surface area contributed by atoms with Crippen molar-refractivity contribution >= 4 is 0 Å². The van der Waals surface area contributed by atoms with Crippen LogP contribution >= 0.6 is 0 Å². The summed E-state index contributed by atoms with van der Waals surface area (Å²) in [5, 5.41) is 3.58. The minimum Gasteiger partial charge on any atom is -0.316 e. The van der Waals surface area contributed by atoms with Crippen molar-refractivity contribution in [1.29, 1.82) is 0 Å². The summed E-state index contributed by atoms with van der Waals surface area (Å²) in [6, 6.07) is 2.41. The number of hydrogen-bond donors (Lipinski definition) is 1. The summed E-state index contributed by atoms with van der Waals surface area (Å²) in [6.07, 6.45) is 7.08. The molecule has 3 nitrogen and oxygen atoms in total. The molecule has 0 saturated carbocycles. The molecule has 0 aromatic carbocycles. The first-order chi connectivity index (χ1) is 9.25. The number of nitrogens with zero attached hydrogens (tertiary/aromatic N) is 2. The SMILES string of the molecule is CC(C)N(CC1CCCNC1)C1CCN2CCCC12. The molecule has 0 aliphatic carbocycles.